The lowest BCUT2D eigenvalue weighted by atomic mass is 9.96. The number of benzene rings is 2. The topological polar surface area (TPSA) is 68.0 Å². The van der Waals surface area contributed by atoms with Crippen molar-refractivity contribution in [2.75, 3.05) is 11.9 Å². The van der Waals surface area contributed by atoms with Crippen molar-refractivity contribution in [3.8, 4) is 17.0 Å². The number of carbonyl (C=O) groups excluding carboxylic acids is 1. The summed E-state index contributed by atoms with van der Waals surface area (Å²) in [6.45, 7) is 0.00288. The maximum absolute atomic E-state index is 14.3. The van der Waals surface area contributed by atoms with Gasteiger partial charge in [-0.05, 0) is 43.2 Å². The van der Waals surface area contributed by atoms with Gasteiger partial charge in [0.25, 0.3) is 5.91 Å². The highest BCUT2D eigenvalue weighted by atomic mass is 35.5. The Kier molecular flexibility index (Phi) is 6.28. The van der Waals surface area contributed by atoms with Crippen molar-refractivity contribution in [2.24, 2.45) is 10.1 Å². The average molecular weight is 485 g/mol. The highest BCUT2D eigenvalue weighted by molar-refractivity contribution is 7.07. The summed E-state index contributed by atoms with van der Waals surface area (Å²) in [5.41, 5.74) is 2.44. The molecule has 1 saturated carbocycles. The quantitative estimate of drug-likeness (QED) is 0.500. The lowest BCUT2D eigenvalue weighted by Crippen LogP contribution is -2.25. The molecular formula is C24H22ClFN4O2S. The summed E-state index contributed by atoms with van der Waals surface area (Å²) in [5.74, 6) is -0.0185. The summed E-state index contributed by atoms with van der Waals surface area (Å²) in [6.07, 6.45) is 7.12. The number of thiazole rings is 1. The summed E-state index contributed by atoms with van der Waals surface area (Å²) in [7, 11) is 0. The van der Waals surface area contributed by atoms with E-state index in [9.17, 15) is 9.18 Å². The summed E-state index contributed by atoms with van der Waals surface area (Å²) >= 11 is 7.68. The number of hydrogen-bond acceptors (Lipinski definition) is 5. The van der Waals surface area contributed by atoms with E-state index in [1.54, 1.807) is 16.8 Å². The maximum atomic E-state index is 14.3. The normalized spacial score (nSPS) is 17.2. The van der Waals surface area contributed by atoms with Gasteiger partial charge in [0.15, 0.2) is 6.61 Å². The molecule has 170 valence electrons. The third-order valence-electron chi connectivity index (χ3n) is 5.76. The van der Waals surface area contributed by atoms with Gasteiger partial charge in [0.05, 0.1) is 28.7 Å². The van der Waals surface area contributed by atoms with Crippen LogP contribution in [0, 0.1) is 5.82 Å². The molecule has 0 unspecified atom stereocenters. The van der Waals surface area contributed by atoms with Gasteiger partial charge in [-0.25, -0.2) is 9.07 Å². The van der Waals surface area contributed by atoms with E-state index in [1.165, 1.54) is 42.9 Å². The number of nitrogens with zero attached hydrogens (tertiary/aromatic N) is 3. The SMILES string of the molecule is O=C1COc2ccc(-c3csc(=NC4CCCCC4)n3N=Cc3c(F)cccc3Cl)cc2N1. The summed E-state index contributed by atoms with van der Waals surface area (Å²) in [4.78, 5) is 17.5. The molecule has 1 amide bonds. The summed E-state index contributed by atoms with van der Waals surface area (Å²) in [5, 5.41) is 9.68. The number of ether oxygens (including phenoxy) is 1. The first kappa shape index (κ1) is 21.9. The minimum atomic E-state index is -0.442. The third kappa shape index (κ3) is 4.72. The predicted molar refractivity (Wildman–Crippen MR) is 129 cm³/mol. The first-order valence-corrected chi connectivity index (χ1v) is 12.1. The highest BCUT2D eigenvalue weighted by Crippen LogP contribution is 2.33. The Hall–Kier alpha value is -2.97. The molecule has 1 N–H and O–H groups in total. The van der Waals surface area contributed by atoms with Crippen molar-refractivity contribution in [1.29, 1.82) is 0 Å². The van der Waals surface area contributed by atoms with Crippen molar-refractivity contribution in [1.82, 2.24) is 4.68 Å². The fraction of sp³-hybridized carbons (Fsp3) is 0.292. The highest BCUT2D eigenvalue weighted by Gasteiger charge is 2.19. The number of amides is 1. The Morgan fingerprint density at radius 1 is 1.21 bits per heavy atom. The van der Waals surface area contributed by atoms with E-state index >= 15 is 0 Å². The molecule has 0 radical (unpaired) electrons. The fourth-order valence-corrected chi connectivity index (χ4v) is 5.18. The third-order valence-corrected chi connectivity index (χ3v) is 6.92. The maximum Gasteiger partial charge on any atom is 0.262 e. The first-order valence-electron chi connectivity index (χ1n) is 10.9. The van der Waals surface area contributed by atoms with E-state index in [1.807, 2.05) is 23.6 Å². The van der Waals surface area contributed by atoms with Gasteiger partial charge < -0.3 is 10.1 Å². The second-order valence-corrected chi connectivity index (χ2v) is 9.31. The fourth-order valence-electron chi connectivity index (χ4n) is 4.06. The molecule has 1 aliphatic carbocycles. The number of halogens is 2. The molecule has 0 atom stereocenters. The molecule has 1 fully saturated rings. The van der Waals surface area contributed by atoms with Gasteiger partial charge in [0, 0.05) is 16.5 Å². The van der Waals surface area contributed by atoms with E-state index in [4.69, 9.17) is 21.3 Å². The molecule has 1 aliphatic heterocycles. The van der Waals surface area contributed by atoms with Crippen molar-refractivity contribution < 1.29 is 13.9 Å². The first-order chi connectivity index (χ1) is 16.1. The van der Waals surface area contributed by atoms with E-state index in [0.29, 0.717) is 11.4 Å². The molecule has 33 heavy (non-hydrogen) atoms. The number of nitrogens with one attached hydrogen (secondary N) is 1. The Bertz CT molecular complexity index is 1270. The van der Waals surface area contributed by atoms with Crippen LogP contribution in [0.1, 0.15) is 37.7 Å². The van der Waals surface area contributed by atoms with E-state index in [2.05, 4.69) is 10.4 Å². The molecule has 0 spiro atoms. The standard InChI is InChI=1S/C24H22ClFN4O2S/c25-18-7-4-8-19(26)17(18)12-27-30-21(14-33-24(30)28-16-5-2-1-3-6-16)15-9-10-22-20(11-15)29-23(31)13-32-22/h4,7-12,14,16H,1-3,5-6,13H2,(H,29,31). The number of fused-ring (bicyclic) bond motifs is 1. The monoisotopic (exact) mass is 484 g/mol. The van der Waals surface area contributed by atoms with Crippen LogP contribution in [0.25, 0.3) is 11.3 Å². The predicted octanol–water partition coefficient (Wildman–Crippen LogP) is 5.46. The average Bonchev–Trinajstić information content (AvgIpc) is 3.21. The minimum absolute atomic E-state index is 0.00288. The minimum Gasteiger partial charge on any atom is -0.482 e. The molecule has 9 heteroatoms. The lowest BCUT2D eigenvalue weighted by molar-refractivity contribution is -0.118. The molecule has 6 nitrogen and oxygen atoms in total. The van der Waals surface area contributed by atoms with Crippen molar-refractivity contribution in [3.63, 3.8) is 0 Å². The van der Waals surface area contributed by atoms with E-state index < -0.39 is 5.82 Å². The van der Waals surface area contributed by atoms with E-state index in [0.717, 1.165) is 28.9 Å². The van der Waals surface area contributed by atoms with Crippen LogP contribution in [0.2, 0.25) is 5.02 Å². The van der Waals surface area contributed by atoms with Crippen molar-refractivity contribution in [3.05, 3.63) is 63.0 Å². The Morgan fingerprint density at radius 3 is 2.88 bits per heavy atom. The van der Waals surface area contributed by atoms with Crippen LogP contribution < -0.4 is 14.9 Å². The molecule has 5 rings (SSSR count). The molecule has 0 bridgehead atoms. The molecule has 1 aromatic heterocycles. The second kappa shape index (κ2) is 9.49. The van der Waals surface area contributed by atoms with Crippen LogP contribution in [0.3, 0.4) is 0 Å². The number of anilines is 1. The lowest BCUT2D eigenvalue weighted by Gasteiger charge is -2.18. The van der Waals surface area contributed by atoms with E-state index in [-0.39, 0.29) is 29.1 Å². The van der Waals surface area contributed by atoms with Crippen LogP contribution in [-0.2, 0) is 4.79 Å². The zero-order chi connectivity index (χ0) is 22.8. The summed E-state index contributed by atoms with van der Waals surface area (Å²) in [6, 6.07) is 10.4. The van der Waals surface area contributed by atoms with Gasteiger partial charge in [-0.2, -0.15) is 5.10 Å². The van der Waals surface area contributed by atoms with Gasteiger partial charge in [-0.1, -0.05) is 36.9 Å². The van der Waals surface area contributed by atoms with Crippen LogP contribution in [0.15, 0.2) is 51.9 Å². The van der Waals surface area contributed by atoms with Crippen LogP contribution in [0.5, 0.6) is 5.75 Å². The smallest absolute Gasteiger partial charge is 0.262 e. The molecule has 3 aromatic rings. The molecule has 0 saturated heterocycles. The molecule has 2 heterocycles. The number of hydrogen-bond donors (Lipinski definition) is 1. The molecular weight excluding hydrogens is 463 g/mol. The number of carbonyl (C=O) groups is 1. The van der Waals surface area contributed by atoms with Gasteiger partial charge in [-0.15, -0.1) is 11.3 Å². The van der Waals surface area contributed by atoms with Crippen LogP contribution in [0.4, 0.5) is 10.1 Å². The van der Waals surface area contributed by atoms with Crippen LogP contribution >= 0.6 is 22.9 Å². The Morgan fingerprint density at radius 2 is 2.06 bits per heavy atom. The largest absolute Gasteiger partial charge is 0.482 e. The molecule has 2 aliphatic rings. The Labute approximate surface area is 199 Å². The summed E-state index contributed by atoms with van der Waals surface area (Å²) < 4.78 is 21.5. The van der Waals surface area contributed by atoms with Crippen LogP contribution in [-0.4, -0.2) is 29.4 Å². The number of aromatic nitrogens is 1. The number of rotatable bonds is 4. The van der Waals surface area contributed by atoms with Gasteiger partial charge in [0.1, 0.15) is 11.6 Å². The van der Waals surface area contributed by atoms with Crippen molar-refractivity contribution >= 4 is 40.7 Å². The van der Waals surface area contributed by atoms with Gasteiger partial charge in [-0.3, -0.25) is 9.79 Å². The van der Waals surface area contributed by atoms with Gasteiger partial charge >= 0.3 is 0 Å². The second-order valence-electron chi connectivity index (χ2n) is 8.06. The van der Waals surface area contributed by atoms with Crippen molar-refractivity contribution in [2.45, 2.75) is 38.1 Å². The molecule has 2 aromatic carbocycles. The zero-order valence-electron chi connectivity index (χ0n) is 17.8. The Balaban J connectivity index is 1.60. The van der Waals surface area contributed by atoms with Gasteiger partial charge in [0.2, 0.25) is 4.80 Å². The zero-order valence-corrected chi connectivity index (χ0v) is 19.3.